The highest BCUT2D eigenvalue weighted by molar-refractivity contribution is 8.01. The van der Waals surface area contributed by atoms with Crippen LogP contribution in [0, 0.1) is 18.3 Å². The maximum atomic E-state index is 8.88. The lowest BCUT2D eigenvalue weighted by Gasteiger charge is -2.04. The van der Waals surface area contributed by atoms with Gasteiger partial charge in [-0.3, -0.25) is 0 Å². The van der Waals surface area contributed by atoms with Gasteiger partial charge in [0.05, 0.1) is 11.6 Å². The molecule has 0 aliphatic heterocycles. The zero-order chi connectivity index (χ0) is 13.1. The van der Waals surface area contributed by atoms with Crippen molar-refractivity contribution in [1.82, 2.24) is 10.2 Å². The second-order valence-electron chi connectivity index (χ2n) is 3.94. The molecule has 0 spiro atoms. The quantitative estimate of drug-likeness (QED) is 0.862. The molecule has 0 saturated heterocycles. The van der Waals surface area contributed by atoms with Crippen LogP contribution < -0.4 is 4.90 Å². The lowest BCUT2D eigenvalue weighted by atomic mass is 10.1. The summed E-state index contributed by atoms with van der Waals surface area (Å²) in [5, 5.41) is 18.0. The molecule has 0 fully saturated rings. The molecule has 0 saturated carbocycles. The van der Waals surface area contributed by atoms with E-state index in [1.165, 1.54) is 0 Å². The van der Waals surface area contributed by atoms with Crippen LogP contribution in [0.2, 0.25) is 0 Å². The molecule has 0 atom stereocenters. The van der Waals surface area contributed by atoms with Gasteiger partial charge in [0.2, 0.25) is 5.13 Å². The minimum atomic E-state index is 0.714. The number of benzene rings is 1. The first-order valence-electron chi connectivity index (χ1n) is 5.29. The lowest BCUT2D eigenvalue weighted by Crippen LogP contribution is -2.07. The molecule has 1 aromatic heterocycles. The van der Waals surface area contributed by atoms with Gasteiger partial charge in [-0.15, -0.1) is 10.2 Å². The van der Waals surface area contributed by atoms with Crippen molar-refractivity contribution in [2.75, 3.05) is 19.0 Å². The minimum Gasteiger partial charge on any atom is -0.353 e. The summed E-state index contributed by atoms with van der Waals surface area (Å²) in [6.45, 7) is 1.94. The molecule has 2 rings (SSSR count). The van der Waals surface area contributed by atoms with Crippen molar-refractivity contribution in [3.63, 3.8) is 0 Å². The molecule has 1 heterocycles. The topological polar surface area (TPSA) is 52.8 Å². The molecule has 0 amide bonds. The molecular weight excluding hydrogens is 264 g/mol. The maximum Gasteiger partial charge on any atom is 0.208 e. The zero-order valence-corrected chi connectivity index (χ0v) is 12.0. The largest absolute Gasteiger partial charge is 0.353 e. The van der Waals surface area contributed by atoms with Crippen LogP contribution in [0.4, 0.5) is 5.13 Å². The van der Waals surface area contributed by atoms with Gasteiger partial charge in [-0.2, -0.15) is 5.26 Å². The van der Waals surface area contributed by atoms with Crippen LogP contribution in [-0.2, 0) is 0 Å². The van der Waals surface area contributed by atoms with E-state index in [2.05, 4.69) is 16.3 Å². The second-order valence-corrected chi connectivity index (χ2v) is 6.21. The summed E-state index contributed by atoms with van der Waals surface area (Å²) in [4.78, 5) is 3.01. The number of rotatable bonds is 3. The Morgan fingerprint density at radius 2 is 2.11 bits per heavy atom. The smallest absolute Gasteiger partial charge is 0.208 e. The Morgan fingerprint density at radius 3 is 2.67 bits per heavy atom. The molecule has 0 radical (unpaired) electrons. The van der Waals surface area contributed by atoms with E-state index in [1.807, 2.05) is 44.1 Å². The molecule has 0 aliphatic carbocycles. The lowest BCUT2D eigenvalue weighted by molar-refractivity contribution is 0.972. The molecule has 0 unspecified atom stereocenters. The molecule has 4 nitrogen and oxygen atoms in total. The van der Waals surface area contributed by atoms with E-state index in [4.69, 9.17) is 5.26 Å². The Hall–Kier alpha value is -1.58. The molecule has 6 heteroatoms. The second kappa shape index (κ2) is 5.38. The Balaban J connectivity index is 2.18. The first-order valence-corrected chi connectivity index (χ1v) is 6.93. The molecule has 92 valence electrons. The zero-order valence-electron chi connectivity index (χ0n) is 10.3. The van der Waals surface area contributed by atoms with E-state index >= 15 is 0 Å². The van der Waals surface area contributed by atoms with Crippen LogP contribution >= 0.6 is 23.1 Å². The van der Waals surface area contributed by atoms with Gasteiger partial charge in [0.25, 0.3) is 0 Å². The highest BCUT2D eigenvalue weighted by Crippen LogP contribution is 2.33. The van der Waals surface area contributed by atoms with Gasteiger partial charge in [-0.25, -0.2) is 0 Å². The molecule has 18 heavy (non-hydrogen) atoms. The number of hydrogen-bond donors (Lipinski definition) is 0. The number of aryl methyl sites for hydroxylation is 1. The van der Waals surface area contributed by atoms with E-state index in [9.17, 15) is 0 Å². The normalized spacial score (nSPS) is 10.1. The Morgan fingerprint density at radius 1 is 1.33 bits per heavy atom. The van der Waals surface area contributed by atoms with Gasteiger partial charge >= 0.3 is 0 Å². The average molecular weight is 276 g/mol. The summed E-state index contributed by atoms with van der Waals surface area (Å²) >= 11 is 3.12. The van der Waals surface area contributed by atoms with Gasteiger partial charge in [-0.1, -0.05) is 23.1 Å². The van der Waals surface area contributed by atoms with Crippen molar-refractivity contribution in [1.29, 1.82) is 5.26 Å². The van der Waals surface area contributed by atoms with E-state index in [1.54, 1.807) is 23.1 Å². The van der Waals surface area contributed by atoms with Crippen molar-refractivity contribution in [2.24, 2.45) is 0 Å². The fourth-order valence-corrected chi connectivity index (χ4v) is 3.19. The predicted molar refractivity (Wildman–Crippen MR) is 74.3 cm³/mol. The maximum absolute atomic E-state index is 8.88. The number of anilines is 1. The molecule has 0 N–H and O–H groups in total. The fraction of sp³-hybridized carbons (Fsp3) is 0.250. The first kappa shape index (κ1) is 12.9. The van der Waals surface area contributed by atoms with Gasteiger partial charge in [0.15, 0.2) is 4.34 Å². The number of nitrogens with zero attached hydrogens (tertiary/aromatic N) is 4. The Labute approximate surface area is 114 Å². The first-order chi connectivity index (χ1) is 8.60. The van der Waals surface area contributed by atoms with Crippen molar-refractivity contribution < 1.29 is 0 Å². The third-order valence-electron chi connectivity index (χ3n) is 2.30. The van der Waals surface area contributed by atoms with E-state index in [0.29, 0.717) is 5.56 Å². The van der Waals surface area contributed by atoms with Crippen LogP contribution in [0.25, 0.3) is 0 Å². The fourth-order valence-electron chi connectivity index (χ4n) is 1.35. The summed E-state index contributed by atoms with van der Waals surface area (Å²) < 4.78 is 0.905. The number of hydrogen-bond acceptors (Lipinski definition) is 6. The molecule has 2 aromatic rings. The average Bonchev–Trinajstić information content (AvgIpc) is 2.78. The van der Waals surface area contributed by atoms with Crippen molar-refractivity contribution in [3.05, 3.63) is 29.3 Å². The van der Waals surface area contributed by atoms with Gasteiger partial charge in [0.1, 0.15) is 0 Å². The van der Waals surface area contributed by atoms with Crippen molar-refractivity contribution in [2.45, 2.75) is 16.2 Å². The van der Waals surface area contributed by atoms with Crippen LogP contribution in [0.15, 0.2) is 27.4 Å². The summed E-state index contributed by atoms with van der Waals surface area (Å²) in [7, 11) is 3.89. The van der Waals surface area contributed by atoms with Gasteiger partial charge in [0, 0.05) is 19.0 Å². The van der Waals surface area contributed by atoms with E-state index in [0.717, 1.165) is 19.9 Å². The van der Waals surface area contributed by atoms with Gasteiger partial charge in [-0.05, 0) is 30.7 Å². The third-order valence-corrected chi connectivity index (χ3v) is 4.43. The highest BCUT2D eigenvalue weighted by Gasteiger charge is 2.08. The van der Waals surface area contributed by atoms with Crippen LogP contribution in [0.5, 0.6) is 0 Å². The SMILES string of the molecule is Cc1cc(Sc2nnc(N(C)C)s2)ccc1C#N. The van der Waals surface area contributed by atoms with Crippen molar-refractivity contribution in [3.8, 4) is 6.07 Å². The minimum absolute atomic E-state index is 0.714. The monoisotopic (exact) mass is 276 g/mol. The highest BCUT2D eigenvalue weighted by atomic mass is 32.2. The molecule has 1 aromatic carbocycles. The van der Waals surface area contributed by atoms with Crippen LogP contribution in [-0.4, -0.2) is 24.3 Å². The summed E-state index contributed by atoms with van der Waals surface area (Å²) in [6.07, 6.45) is 0. The van der Waals surface area contributed by atoms with E-state index < -0.39 is 0 Å². The predicted octanol–water partition coefficient (Wildman–Crippen LogP) is 2.94. The Kier molecular flexibility index (Phi) is 3.84. The van der Waals surface area contributed by atoms with Crippen molar-refractivity contribution >= 4 is 28.2 Å². The molecular formula is C12H12N4S2. The Bertz CT molecular complexity index is 598. The van der Waals surface area contributed by atoms with Crippen LogP contribution in [0.3, 0.4) is 0 Å². The van der Waals surface area contributed by atoms with Gasteiger partial charge < -0.3 is 4.90 Å². The van der Waals surface area contributed by atoms with E-state index in [-0.39, 0.29) is 0 Å². The standard InChI is InChI=1S/C12H12N4S2/c1-8-6-10(5-4-9(8)7-13)17-12-15-14-11(18-12)16(2)3/h4-6H,1-3H3. The number of nitriles is 1. The molecule has 0 bridgehead atoms. The summed E-state index contributed by atoms with van der Waals surface area (Å²) in [5.41, 5.74) is 1.70. The number of aromatic nitrogens is 2. The summed E-state index contributed by atoms with van der Waals surface area (Å²) in [5.74, 6) is 0. The summed E-state index contributed by atoms with van der Waals surface area (Å²) in [6, 6.07) is 7.94. The third kappa shape index (κ3) is 2.81. The molecule has 0 aliphatic rings. The van der Waals surface area contributed by atoms with Crippen LogP contribution in [0.1, 0.15) is 11.1 Å².